The molecule has 0 fully saturated rings. The van der Waals surface area contributed by atoms with Crippen molar-refractivity contribution in [3.05, 3.63) is 28.2 Å². The van der Waals surface area contributed by atoms with Gasteiger partial charge in [-0.05, 0) is 13.0 Å². The second-order valence-corrected chi connectivity index (χ2v) is 3.10. The fraction of sp³-hybridized carbons (Fsp3) is 0.556. The molecule has 0 radical (unpaired) electrons. The molecule has 1 rings (SSSR count). The summed E-state index contributed by atoms with van der Waals surface area (Å²) in [5.74, 6) is 0. The highest BCUT2D eigenvalue weighted by Crippen LogP contribution is 2.01. The van der Waals surface area contributed by atoms with E-state index in [0.717, 1.165) is 0 Å². The smallest absolute Gasteiger partial charge is 0.266 e. The maximum atomic E-state index is 11.3. The van der Waals surface area contributed by atoms with E-state index in [-0.39, 0.29) is 11.6 Å². The van der Waals surface area contributed by atoms with Crippen LogP contribution in [0.1, 0.15) is 18.7 Å². The highest BCUT2D eigenvalue weighted by Gasteiger charge is 2.03. The van der Waals surface area contributed by atoms with Gasteiger partial charge in [0.1, 0.15) is 0 Å². The minimum Gasteiger partial charge on any atom is -0.383 e. The molecule has 1 atom stereocenters. The van der Waals surface area contributed by atoms with E-state index >= 15 is 0 Å². The summed E-state index contributed by atoms with van der Waals surface area (Å²) in [6.07, 6.45) is 0. The molecule has 0 aliphatic heterocycles. The van der Waals surface area contributed by atoms with Gasteiger partial charge in [-0.15, -0.1) is 0 Å². The predicted octanol–water partition coefficient (Wildman–Crippen LogP) is -0.0906. The Morgan fingerprint density at radius 1 is 1.64 bits per heavy atom. The normalized spacial score (nSPS) is 12.8. The molecular formula is C9H15N3O2. The van der Waals surface area contributed by atoms with Crippen LogP contribution >= 0.6 is 0 Å². The van der Waals surface area contributed by atoms with E-state index in [1.165, 1.54) is 10.7 Å². The Kier molecular flexibility index (Phi) is 3.79. The van der Waals surface area contributed by atoms with E-state index in [9.17, 15) is 4.79 Å². The highest BCUT2D eigenvalue weighted by molar-refractivity contribution is 5.04. The molecule has 0 saturated heterocycles. The van der Waals surface area contributed by atoms with E-state index < -0.39 is 0 Å². The van der Waals surface area contributed by atoms with E-state index in [1.807, 2.05) is 6.92 Å². The van der Waals surface area contributed by atoms with Crippen LogP contribution in [0.5, 0.6) is 0 Å². The van der Waals surface area contributed by atoms with Gasteiger partial charge in [0, 0.05) is 19.2 Å². The minimum atomic E-state index is -0.163. The number of hydrogen-bond donors (Lipinski definition) is 1. The molecule has 1 heterocycles. The van der Waals surface area contributed by atoms with E-state index in [1.54, 1.807) is 13.2 Å². The van der Waals surface area contributed by atoms with E-state index in [2.05, 4.69) is 5.10 Å². The Hall–Kier alpha value is -1.20. The van der Waals surface area contributed by atoms with Crippen molar-refractivity contribution in [1.29, 1.82) is 0 Å². The fourth-order valence-corrected chi connectivity index (χ4v) is 1.05. The maximum absolute atomic E-state index is 11.3. The number of hydrogen-bond acceptors (Lipinski definition) is 4. The summed E-state index contributed by atoms with van der Waals surface area (Å²) < 4.78 is 6.23. The Balaban J connectivity index is 2.91. The second-order valence-electron chi connectivity index (χ2n) is 3.10. The Bertz CT molecular complexity index is 346. The van der Waals surface area contributed by atoms with Crippen molar-refractivity contribution in [3.8, 4) is 0 Å². The molecule has 0 saturated carbocycles. The lowest BCUT2D eigenvalue weighted by atomic mass is 10.2. The van der Waals surface area contributed by atoms with Crippen LogP contribution in [0.3, 0.4) is 0 Å². The van der Waals surface area contributed by atoms with Crippen LogP contribution in [0.25, 0.3) is 0 Å². The van der Waals surface area contributed by atoms with Crippen LogP contribution in [0, 0.1) is 0 Å². The van der Waals surface area contributed by atoms with E-state index in [4.69, 9.17) is 10.5 Å². The van der Waals surface area contributed by atoms with Gasteiger partial charge in [0.15, 0.2) is 0 Å². The van der Waals surface area contributed by atoms with Gasteiger partial charge >= 0.3 is 0 Å². The van der Waals surface area contributed by atoms with Crippen molar-refractivity contribution in [2.45, 2.75) is 19.5 Å². The molecule has 78 valence electrons. The third-order valence-corrected chi connectivity index (χ3v) is 1.86. The molecule has 1 aromatic heterocycles. The first-order chi connectivity index (χ1) is 6.65. The zero-order valence-electron chi connectivity index (χ0n) is 8.43. The zero-order valence-corrected chi connectivity index (χ0v) is 8.43. The molecule has 0 bridgehead atoms. The Labute approximate surface area is 82.5 Å². The van der Waals surface area contributed by atoms with Crippen molar-refractivity contribution in [3.63, 3.8) is 0 Å². The van der Waals surface area contributed by atoms with Gasteiger partial charge in [-0.3, -0.25) is 4.79 Å². The van der Waals surface area contributed by atoms with Crippen molar-refractivity contribution in [1.82, 2.24) is 9.78 Å². The molecule has 1 aromatic rings. The third-order valence-electron chi connectivity index (χ3n) is 1.86. The number of nitrogens with zero attached hydrogens (tertiary/aromatic N) is 2. The lowest BCUT2D eigenvalue weighted by molar-refractivity contribution is 0.181. The molecule has 0 spiro atoms. The molecule has 0 aliphatic carbocycles. The lowest BCUT2D eigenvalue weighted by Gasteiger charge is -2.08. The average molecular weight is 197 g/mol. The number of methoxy groups -OCH3 is 1. The van der Waals surface area contributed by atoms with Gasteiger partial charge in [-0.2, -0.15) is 5.10 Å². The molecule has 5 heteroatoms. The average Bonchev–Trinajstić information content (AvgIpc) is 2.16. The van der Waals surface area contributed by atoms with Crippen LogP contribution in [0.2, 0.25) is 0 Å². The monoisotopic (exact) mass is 197 g/mol. The molecular weight excluding hydrogens is 182 g/mol. The summed E-state index contributed by atoms with van der Waals surface area (Å²) in [6.45, 7) is 2.75. The number of aromatic nitrogens is 2. The Morgan fingerprint density at radius 2 is 2.36 bits per heavy atom. The first-order valence-corrected chi connectivity index (χ1v) is 4.47. The molecule has 0 aliphatic rings. The van der Waals surface area contributed by atoms with Gasteiger partial charge < -0.3 is 10.5 Å². The zero-order chi connectivity index (χ0) is 10.6. The van der Waals surface area contributed by atoms with Gasteiger partial charge in [0.2, 0.25) is 0 Å². The van der Waals surface area contributed by atoms with E-state index in [0.29, 0.717) is 18.8 Å². The minimum absolute atomic E-state index is 0.133. The highest BCUT2D eigenvalue weighted by atomic mass is 16.5. The summed E-state index contributed by atoms with van der Waals surface area (Å²) in [4.78, 5) is 11.3. The standard InChI is InChI=1S/C9H15N3O2/c1-7(10)8-3-4-9(13)12(11-8)5-6-14-2/h3-4,7H,5-6,10H2,1-2H3. The third kappa shape index (κ3) is 2.65. The molecule has 5 nitrogen and oxygen atoms in total. The molecule has 14 heavy (non-hydrogen) atoms. The topological polar surface area (TPSA) is 70.1 Å². The largest absolute Gasteiger partial charge is 0.383 e. The number of nitrogens with two attached hydrogens (primary N) is 1. The summed E-state index contributed by atoms with van der Waals surface area (Å²) in [6, 6.07) is 2.96. The first-order valence-electron chi connectivity index (χ1n) is 4.47. The van der Waals surface area contributed by atoms with Gasteiger partial charge in [0.05, 0.1) is 18.8 Å². The quantitative estimate of drug-likeness (QED) is 0.732. The number of ether oxygens (including phenoxy) is 1. The van der Waals surface area contributed by atoms with Gasteiger partial charge in [-0.25, -0.2) is 4.68 Å². The van der Waals surface area contributed by atoms with Crippen LogP contribution in [0.15, 0.2) is 16.9 Å². The van der Waals surface area contributed by atoms with Crippen LogP contribution in [-0.4, -0.2) is 23.5 Å². The predicted molar refractivity (Wildman–Crippen MR) is 53.0 cm³/mol. The summed E-state index contributed by atoms with van der Waals surface area (Å²) >= 11 is 0. The first kappa shape index (κ1) is 10.9. The SMILES string of the molecule is COCCn1nc(C(C)N)ccc1=O. The van der Waals surface area contributed by atoms with Crippen molar-refractivity contribution >= 4 is 0 Å². The second kappa shape index (κ2) is 4.88. The molecule has 2 N–H and O–H groups in total. The summed E-state index contributed by atoms with van der Waals surface area (Å²) in [7, 11) is 1.58. The van der Waals surface area contributed by atoms with Crippen molar-refractivity contribution < 1.29 is 4.74 Å². The molecule has 1 unspecified atom stereocenters. The number of rotatable bonds is 4. The van der Waals surface area contributed by atoms with Gasteiger partial charge in [-0.1, -0.05) is 0 Å². The Morgan fingerprint density at radius 3 is 2.93 bits per heavy atom. The van der Waals surface area contributed by atoms with Crippen molar-refractivity contribution in [2.75, 3.05) is 13.7 Å². The van der Waals surface area contributed by atoms with Crippen LogP contribution < -0.4 is 11.3 Å². The van der Waals surface area contributed by atoms with Crippen LogP contribution in [0.4, 0.5) is 0 Å². The summed E-state index contributed by atoms with van der Waals surface area (Å²) in [5, 5.41) is 4.11. The summed E-state index contributed by atoms with van der Waals surface area (Å²) in [5.41, 5.74) is 6.23. The fourth-order valence-electron chi connectivity index (χ4n) is 1.05. The lowest BCUT2D eigenvalue weighted by Crippen LogP contribution is -2.26. The molecule has 0 amide bonds. The van der Waals surface area contributed by atoms with Gasteiger partial charge in [0.25, 0.3) is 5.56 Å². The van der Waals surface area contributed by atoms with Crippen molar-refractivity contribution in [2.24, 2.45) is 5.73 Å². The maximum Gasteiger partial charge on any atom is 0.266 e. The molecule has 0 aromatic carbocycles. The van der Waals surface area contributed by atoms with Crippen LogP contribution in [-0.2, 0) is 11.3 Å².